The van der Waals surface area contributed by atoms with Gasteiger partial charge in [-0.05, 0) is 36.3 Å². The first kappa shape index (κ1) is 21.6. The lowest BCUT2D eigenvalue weighted by Gasteiger charge is -2.05. The Bertz CT molecular complexity index is 1050. The molecule has 0 saturated carbocycles. The van der Waals surface area contributed by atoms with Gasteiger partial charge in [-0.15, -0.1) is 10.2 Å². The predicted octanol–water partition coefficient (Wildman–Crippen LogP) is 3.51. The molecule has 2 aromatic heterocycles. The van der Waals surface area contributed by atoms with Crippen LogP contribution < -0.4 is 0 Å². The highest BCUT2D eigenvalue weighted by Crippen LogP contribution is 2.28. The van der Waals surface area contributed by atoms with Crippen molar-refractivity contribution in [1.82, 2.24) is 25.2 Å². The number of aromatic amines is 1. The smallest absolute Gasteiger partial charge is 0.302 e. The van der Waals surface area contributed by atoms with E-state index in [-0.39, 0.29) is 18.4 Å². The molecule has 3 rings (SSSR count). The highest BCUT2D eigenvalue weighted by atomic mass is 127. The Morgan fingerprint density at radius 2 is 2.14 bits per heavy atom. The van der Waals surface area contributed by atoms with Crippen molar-refractivity contribution in [3.05, 3.63) is 51.1 Å². The summed E-state index contributed by atoms with van der Waals surface area (Å²) in [6, 6.07) is 7.34. The highest BCUT2D eigenvalue weighted by Gasteiger charge is 2.24. The summed E-state index contributed by atoms with van der Waals surface area (Å²) in [5.41, 5.74) is 3.57. The molecule has 152 valence electrons. The summed E-state index contributed by atoms with van der Waals surface area (Å²) in [4.78, 5) is 28.8. The van der Waals surface area contributed by atoms with Gasteiger partial charge in [0, 0.05) is 32.6 Å². The van der Waals surface area contributed by atoms with Crippen molar-refractivity contribution in [2.45, 2.75) is 26.8 Å². The summed E-state index contributed by atoms with van der Waals surface area (Å²) in [5, 5.41) is 12.4. The maximum atomic E-state index is 13.2. The molecule has 0 fully saturated rings. The zero-order valence-electron chi connectivity index (χ0n) is 15.9. The summed E-state index contributed by atoms with van der Waals surface area (Å²) in [5.74, 6) is -0.00794. The van der Waals surface area contributed by atoms with Gasteiger partial charge in [0.15, 0.2) is 5.78 Å². The molecule has 2 heterocycles. The second-order valence-corrected chi connectivity index (χ2v) is 8.30. The molecule has 8 nitrogen and oxygen atoms in total. The summed E-state index contributed by atoms with van der Waals surface area (Å²) in [7, 11) is 0. The van der Waals surface area contributed by atoms with Gasteiger partial charge in [-0.1, -0.05) is 50.7 Å². The van der Waals surface area contributed by atoms with E-state index in [1.54, 1.807) is 6.07 Å². The second-order valence-electron chi connectivity index (χ2n) is 6.31. The molecule has 0 amide bonds. The van der Waals surface area contributed by atoms with Crippen molar-refractivity contribution >= 4 is 50.3 Å². The molecule has 1 aromatic carbocycles. The van der Waals surface area contributed by atoms with E-state index in [4.69, 9.17) is 4.74 Å². The summed E-state index contributed by atoms with van der Waals surface area (Å²) in [6.45, 7) is 3.70. The number of hydrogen-bond donors (Lipinski definition) is 1. The fraction of sp³-hybridized carbons (Fsp3) is 0.316. The van der Waals surface area contributed by atoms with E-state index in [0.29, 0.717) is 29.2 Å². The minimum Gasteiger partial charge on any atom is -0.464 e. The van der Waals surface area contributed by atoms with Gasteiger partial charge in [-0.25, -0.2) is 0 Å². The van der Waals surface area contributed by atoms with Crippen LogP contribution in [0, 0.1) is 6.92 Å². The van der Waals surface area contributed by atoms with Crippen LogP contribution in [0.5, 0.6) is 0 Å². The molecule has 0 saturated heterocycles. The van der Waals surface area contributed by atoms with E-state index in [2.05, 4.69) is 58.9 Å². The summed E-state index contributed by atoms with van der Waals surface area (Å²) < 4.78 is 6.62. The lowest BCUT2D eigenvalue weighted by atomic mass is 9.98. The zero-order chi connectivity index (χ0) is 21.0. The maximum absolute atomic E-state index is 13.2. The number of ether oxygens (including phenoxy) is 1. The number of aryl methyl sites for hydroxylation is 1. The molecule has 0 atom stereocenters. The van der Waals surface area contributed by atoms with Crippen LogP contribution in [0.3, 0.4) is 0 Å². The van der Waals surface area contributed by atoms with E-state index in [0.717, 1.165) is 26.6 Å². The Hall–Kier alpha value is -2.08. The molecule has 10 heteroatoms. The number of rotatable bonds is 8. The average Bonchev–Trinajstić information content (AvgIpc) is 3.26. The van der Waals surface area contributed by atoms with Crippen LogP contribution in [0.2, 0.25) is 0 Å². The molecule has 0 aliphatic carbocycles. The van der Waals surface area contributed by atoms with Gasteiger partial charge < -0.3 is 9.72 Å². The average molecular weight is 572 g/mol. The third kappa shape index (κ3) is 5.10. The number of nitrogens with zero attached hydrogens (tertiary/aromatic N) is 4. The number of esters is 1. The number of tetrazole rings is 1. The number of ketones is 1. The van der Waals surface area contributed by atoms with Gasteiger partial charge in [0.2, 0.25) is 5.82 Å². The minimum atomic E-state index is -0.357. The quantitative estimate of drug-likeness (QED) is 0.192. The third-order valence-corrected chi connectivity index (χ3v) is 5.29. The normalized spacial score (nSPS) is 10.9. The van der Waals surface area contributed by atoms with Gasteiger partial charge >= 0.3 is 5.97 Å². The third-order valence-electron chi connectivity index (χ3n) is 4.26. The monoisotopic (exact) mass is 571 g/mol. The van der Waals surface area contributed by atoms with Crippen molar-refractivity contribution in [1.29, 1.82) is 0 Å². The molecular weight excluding hydrogens is 553 g/mol. The Morgan fingerprint density at radius 3 is 2.83 bits per heavy atom. The maximum Gasteiger partial charge on any atom is 0.302 e. The number of benzene rings is 1. The van der Waals surface area contributed by atoms with Crippen molar-refractivity contribution in [2.75, 3.05) is 11.0 Å². The van der Waals surface area contributed by atoms with Crippen LogP contribution in [-0.2, 0) is 22.5 Å². The number of carbonyl (C=O) groups excluding carboxylic acids is 2. The molecule has 0 aliphatic rings. The number of H-pyrrole nitrogens is 1. The number of aromatic nitrogens is 5. The van der Waals surface area contributed by atoms with E-state index >= 15 is 0 Å². The van der Waals surface area contributed by atoms with Gasteiger partial charge in [0.25, 0.3) is 0 Å². The van der Waals surface area contributed by atoms with Gasteiger partial charge in [0.05, 0.1) is 12.2 Å². The van der Waals surface area contributed by atoms with E-state index < -0.39 is 0 Å². The largest absolute Gasteiger partial charge is 0.464 e. The predicted molar refractivity (Wildman–Crippen MR) is 119 cm³/mol. The van der Waals surface area contributed by atoms with Crippen LogP contribution in [0.25, 0.3) is 11.5 Å². The van der Waals surface area contributed by atoms with Gasteiger partial charge in [-0.3, -0.25) is 9.59 Å². The molecule has 0 bridgehead atoms. The molecule has 0 unspecified atom stereocenters. The Balaban J connectivity index is 1.93. The topological polar surface area (TPSA) is 103 Å². The molecule has 0 spiro atoms. The van der Waals surface area contributed by atoms with Crippen molar-refractivity contribution in [2.24, 2.45) is 0 Å². The van der Waals surface area contributed by atoms with Crippen LogP contribution in [0.1, 0.15) is 34.1 Å². The molecule has 1 N–H and O–H groups in total. The van der Waals surface area contributed by atoms with E-state index in [9.17, 15) is 9.59 Å². The van der Waals surface area contributed by atoms with E-state index in [1.165, 1.54) is 11.7 Å². The number of hydrogen-bond acceptors (Lipinski definition) is 6. The second kappa shape index (κ2) is 9.61. The van der Waals surface area contributed by atoms with Gasteiger partial charge in [0.1, 0.15) is 6.61 Å². The Morgan fingerprint density at radius 1 is 1.34 bits per heavy atom. The molecule has 3 aromatic rings. The lowest BCUT2D eigenvalue weighted by Crippen LogP contribution is -2.11. The highest BCUT2D eigenvalue weighted by molar-refractivity contribution is 14.1. The standard InChI is InChI=1S/C19H19BrIN5O3/c1-11-16(18(28)13-4-3-5-14(20)10-13)15(6-7-21)22-17(11)19-23-25-26(24-19)8-9-29-12(2)27/h3-5,10,22H,6-9H2,1-2H3. The van der Waals surface area contributed by atoms with Crippen molar-refractivity contribution in [3.63, 3.8) is 0 Å². The Labute approximate surface area is 189 Å². The van der Waals surface area contributed by atoms with E-state index in [1.807, 2.05) is 25.1 Å². The fourth-order valence-corrected chi connectivity index (χ4v) is 3.89. The molecule has 0 radical (unpaired) electrons. The minimum absolute atomic E-state index is 0.0478. The van der Waals surface area contributed by atoms with Crippen LogP contribution in [0.4, 0.5) is 0 Å². The van der Waals surface area contributed by atoms with Crippen molar-refractivity contribution in [3.8, 4) is 11.5 Å². The first-order chi connectivity index (χ1) is 13.9. The first-order valence-electron chi connectivity index (χ1n) is 8.90. The molecular formula is C19H19BrIN5O3. The van der Waals surface area contributed by atoms with Gasteiger partial charge in [-0.2, -0.15) is 4.80 Å². The number of halogens is 2. The number of carbonyl (C=O) groups is 2. The van der Waals surface area contributed by atoms with Crippen LogP contribution in [0.15, 0.2) is 28.7 Å². The summed E-state index contributed by atoms with van der Waals surface area (Å²) >= 11 is 5.70. The zero-order valence-corrected chi connectivity index (χ0v) is 19.7. The lowest BCUT2D eigenvalue weighted by molar-refractivity contribution is -0.141. The van der Waals surface area contributed by atoms with Crippen LogP contribution >= 0.6 is 38.5 Å². The first-order valence-corrected chi connectivity index (χ1v) is 11.2. The molecule has 0 aliphatic heterocycles. The van der Waals surface area contributed by atoms with Crippen LogP contribution in [-0.4, -0.2) is 48.0 Å². The summed E-state index contributed by atoms with van der Waals surface area (Å²) in [6.07, 6.45) is 0.719. The number of alkyl halides is 1. The fourth-order valence-electron chi connectivity index (χ4n) is 2.95. The molecule has 29 heavy (non-hydrogen) atoms. The number of nitrogens with one attached hydrogen (secondary N) is 1. The Kier molecular flexibility index (Phi) is 7.17. The van der Waals surface area contributed by atoms with Crippen molar-refractivity contribution < 1.29 is 14.3 Å². The SMILES string of the molecule is CC(=O)OCCn1nnc(-c2[nH]c(CCI)c(C(=O)c3cccc(Br)c3)c2C)n1.